The summed E-state index contributed by atoms with van der Waals surface area (Å²) >= 11 is 0. The van der Waals surface area contributed by atoms with Gasteiger partial charge in [0.1, 0.15) is 98.7 Å². The van der Waals surface area contributed by atoms with Crippen molar-refractivity contribution in [2.24, 2.45) is 0 Å². The normalized spacial score (nSPS) is 27.4. The summed E-state index contributed by atoms with van der Waals surface area (Å²) in [5, 5.41) is 110. The topological polar surface area (TPSA) is 374 Å². The van der Waals surface area contributed by atoms with E-state index in [1.165, 1.54) is 109 Å². The monoisotopic (exact) mass is 1450 g/mol. The SMILES string of the molecule is CCCCCC/C=C\CCCCCCCCCC(=O)OCC(COP(=O)(O)OC1C(OC2OC(CO)C(O)C(O)C2O)C(O)C(O)C(O)C1OC1OC(COC(=O)CCCCCCCCCCCCCCCCC)C(O)C(O)C1O)OC(=O)CCCCCCCCC/C=C\CCCCCC. The van der Waals surface area contributed by atoms with Crippen molar-refractivity contribution in [2.45, 2.75) is 407 Å². The van der Waals surface area contributed by atoms with Crippen molar-refractivity contribution in [2.75, 3.05) is 26.4 Å². The van der Waals surface area contributed by atoms with Crippen molar-refractivity contribution in [1.82, 2.24) is 0 Å². The quantitative estimate of drug-likeness (QED) is 0.00886. The van der Waals surface area contributed by atoms with Gasteiger partial charge in [-0.15, -0.1) is 0 Å². The fourth-order valence-corrected chi connectivity index (χ4v) is 13.8. The molecule has 0 amide bonds. The molecule has 586 valence electrons. The molecular formula is C75H137O24P. The Bertz CT molecular complexity index is 2160. The predicted molar refractivity (Wildman–Crippen MR) is 379 cm³/mol. The molecule has 0 radical (unpaired) electrons. The van der Waals surface area contributed by atoms with Gasteiger partial charge in [-0.1, -0.05) is 238 Å². The molecule has 2 saturated heterocycles. The van der Waals surface area contributed by atoms with Gasteiger partial charge in [-0.3, -0.25) is 23.4 Å². The van der Waals surface area contributed by atoms with Gasteiger partial charge in [0.05, 0.1) is 13.2 Å². The molecule has 100 heavy (non-hydrogen) atoms. The molecule has 0 spiro atoms. The number of phosphoric acid groups is 1. The van der Waals surface area contributed by atoms with Crippen molar-refractivity contribution >= 4 is 25.7 Å². The molecule has 1 aliphatic carbocycles. The number of unbranched alkanes of at least 4 members (excludes halogenated alkanes) is 36. The van der Waals surface area contributed by atoms with E-state index in [4.69, 9.17) is 42.2 Å². The van der Waals surface area contributed by atoms with Crippen LogP contribution in [-0.4, -0.2) is 204 Å². The van der Waals surface area contributed by atoms with E-state index in [1.807, 2.05) is 0 Å². The number of carbonyl (C=O) groups excluding carboxylic acids is 3. The third-order valence-corrected chi connectivity index (χ3v) is 20.2. The minimum absolute atomic E-state index is 0.0315. The fourth-order valence-electron chi connectivity index (χ4n) is 12.8. The maximum atomic E-state index is 14.4. The second kappa shape index (κ2) is 56.7. The lowest BCUT2D eigenvalue weighted by atomic mass is 9.84. The van der Waals surface area contributed by atoms with Crippen molar-refractivity contribution < 1.29 is 117 Å². The van der Waals surface area contributed by atoms with Crippen LogP contribution in [0.4, 0.5) is 0 Å². The van der Waals surface area contributed by atoms with Gasteiger partial charge < -0.3 is 89.1 Å². The lowest BCUT2D eigenvalue weighted by Crippen LogP contribution is -2.69. The summed E-state index contributed by atoms with van der Waals surface area (Å²) < 4.78 is 65.1. The zero-order valence-electron chi connectivity index (χ0n) is 61.2. The second-order valence-corrected chi connectivity index (χ2v) is 29.5. The number of phosphoric ester groups is 1. The first-order valence-electron chi connectivity index (χ1n) is 39.1. The summed E-state index contributed by atoms with van der Waals surface area (Å²) in [7, 11) is -5.70. The first-order valence-corrected chi connectivity index (χ1v) is 40.6. The lowest BCUT2D eigenvalue weighted by Gasteiger charge is -2.49. The van der Waals surface area contributed by atoms with E-state index in [0.717, 1.165) is 135 Å². The Kier molecular flexibility index (Phi) is 52.0. The molecule has 2 heterocycles. The molecule has 3 rings (SSSR count). The Morgan fingerprint density at radius 2 is 0.700 bits per heavy atom. The van der Waals surface area contributed by atoms with Crippen molar-refractivity contribution in [3.8, 4) is 0 Å². The standard InChI is InChI=1S/C75H137O24P/c1-4-7-10-13-16-19-22-25-28-31-34-37-40-43-46-49-59(77)91-53-56(94-61(79)51-48-45-42-39-36-33-30-27-24-21-18-15-12-9-6-3)54-93-100(89,90)99-73-71(97-74-69(87)64(82)62(80)57(52-76)95-74)67(85)66(84)68(86)72(73)98-75-70(88)65(83)63(81)58(96-75)55-92-60(78)50-47-44-41-38-35-32-29-26-23-20-17-14-11-8-5-2/h19,21-22,24,56-58,62-76,80-88H,4-18,20,23,25-55H2,1-3H3,(H,89,90)/b22-19-,24-21-. The van der Waals surface area contributed by atoms with Gasteiger partial charge in [-0.25, -0.2) is 4.57 Å². The van der Waals surface area contributed by atoms with E-state index in [1.54, 1.807) is 0 Å². The number of allylic oxidation sites excluding steroid dienone is 4. The van der Waals surface area contributed by atoms with Crippen LogP contribution >= 0.6 is 7.82 Å². The lowest BCUT2D eigenvalue weighted by molar-refractivity contribution is -0.360. The van der Waals surface area contributed by atoms with Crippen LogP contribution < -0.4 is 0 Å². The highest BCUT2D eigenvalue weighted by molar-refractivity contribution is 7.47. The van der Waals surface area contributed by atoms with Gasteiger partial charge in [0.25, 0.3) is 0 Å². The zero-order valence-corrected chi connectivity index (χ0v) is 62.1. The number of ether oxygens (including phenoxy) is 7. The van der Waals surface area contributed by atoms with Gasteiger partial charge in [0, 0.05) is 19.3 Å². The molecular weight excluding hydrogens is 1320 g/mol. The molecule has 0 aromatic carbocycles. The number of aliphatic hydroxyl groups excluding tert-OH is 10. The van der Waals surface area contributed by atoms with Crippen LogP contribution in [0.15, 0.2) is 24.3 Å². The van der Waals surface area contributed by atoms with Crippen LogP contribution in [0.1, 0.15) is 303 Å². The molecule has 3 fully saturated rings. The van der Waals surface area contributed by atoms with Crippen LogP contribution in [0.3, 0.4) is 0 Å². The smallest absolute Gasteiger partial charge is 0.463 e. The highest BCUT2D eigenvalue weighted by atomic mass is 31.2. The number of carbonyl (C=O) groups is 3. The molecule has 0 aromatic heterocycles. The zero-order chi connectivity index (χ0) is 73.2. The minimum Gasteiger partial charge on any atom is -0.463 e. The van der Waals surface area contributed by atoms with Crippen molar-refractivity contribution in [1.29, 1.82) is 0 Å². The average molecular weight is 1450 g/mol. The van der Waals surface area contributed by atoms with Gasteiger partial charge >= 0.3 is 25.7 Å². The predicted octanol–water partition coefficient (Wildman–Crippen LogP) is 11.3. The average Bonchev–Trinajstić information content (AvgIpc) is 0.762. The van der Waals surface area contributed by atoms with E-state index in [9.17, 15) is 74.9 Å². The Balaban J connectivity index is 1.72. The molecule has 0 aromatic rings. The molecule has 11 N–H and O–H groups in total. The van der Waals surface area contributed by atoms with E-state index in [-0.39, 0.29) is 19.3 Å². The van der Waals surface area contributed by atoms with Gasteiger partial charge in [0.15, 0.2) is 18.7 Å². The van der Waals surface area contributed by atoms with E-state index in [2.05, 4.69) is 45.1 Å². The largest absolute Gasteiger partial charge is 0.472 e. The number of hydrogen-bond donors (Lipinski definition) is 11. The van der Waals surface area contributed by atoms with E-state index >= 15 is 0 Å². The van der Waals surface area contributed by atoms with Gasteiger partial charge in [-0.2, -0.15) is 0 Å². The highest BCUT2D eigenvalue weighted by Gasteiger charge is 2.58. The number of aliphatic hydroxyl groups is 10. The summed E-state index contributed by atoms with van der Waals surface area (Å²) in [6.45, 7) is 3.44. The summed E-state index contributed by atoms with van der Waals surface area (Å²) in [5.41, 5.74) is 0. The van der Waals surface area contributed by atoms with Gasteiger partial charge in [-0.05, 0) is 70.6 Å². The summed E-state index contributed by atoms with van der Waals surface area (Å²) in [6.07, 6.45) is 17.9. The van der Waals surface area contributed by atoms with Crippen LogP contribution in [0.5, 0.6) is 0 Å². The molecule has 18 unspecified atom stereocenters. The Morgan fingerprint density at radius 3 is 1.09 bits per heavy atom. The van der Waals surface area contributed by atoms with Crippen LogP contribution in [0.25, 0.3) is 0 Å². The Hall–Kier alpha value is -2.56. The van der Waals surface area contributed by atoms with Crippen LogP contribution in [0.2, 0.25) is 0 Å². The maximum Gasteiger partial charge on any atom is 0.472 e. The number of hydrogen-bond acceptors (Lipinski definition) is 23. The fraction of sp³-hybridized carbons (Fsp3) is 0.907. The maximum absolute atomic E-state index is 14.4. The first kappa shape index (κ1) is 91.6. The summed E-state index contributed by atoms with van der Waals surface area (Å²) in [5.74, 6) is -1.99. The van der Waals surface area contributed by atoms with Crippen LogP contribution in [-0.2, 0) is 61.2 Å². The summed E-state index contributed by atoms with van der Waals surface area (Å²) in [4.78, 5) is 51.1. The molecule has 25 heteroatoms. The summed E-state index contributed by atoms with van der Waals surface area (Å²) in [6, 6.07) is 0. The molecule has 0 bridgehead atoms. The van der Waals surface area contributed by atoms with Gasteiger partial charge in [0.2, 0.25) is 0 Å². The third-order valence-electron chi connectivity index (χ3n) is 19.2. The Morgan fingerprint density at radius 1 is 0.380 bits per heavy atom. The minimum atomic E-state index is -5.70. The number of rotatable bonds is 61. The molecule has 24 nitrogen and oxygen atoms in total. The third kappa shape index (κ3) is 39.2. The molecule has 3 aliphatic rings. The molecule has 2 aliphatic heterocycles. The molecule has 18 atom stereocenters. The van der Waals surface area contributed by atoms with Crippen molar-refractivity contribution in [3.05, 3.63) is 24.3 Å². The van der Waals surface area contributed by atoms with Crippen molar-refractivity contribution in [3.63, 3.8) is 0 Å². The highest BCUT2D eigenvalue weighted by Crippen LogP contribution is 2.49. The molecule has 1 saturated carbocycles. The van der Waals surface area contributed by atoms with Crippen LogP contribution in [0, 0.1) is 0 Å². The van der Waals surface area contributed by atoms with E-state index < -0.39 is 156 Å². The first-order chi connectivity index (χ1) is 48.3. The Labute approximate surface area is 598 Å². The number of esters is 3. The van der Waals surface area contributed by atoms with E-state index in [0.29, 0.717) is 19.3 Å². The second-order valence-electron chi connectivity index (χ2n) is 28.1.